The molecule has 7 nitrogen and oxygen atoms in total. The van der Waals surface area contributed by atoms with Crippen molar-refractivity contribution in [1.82, 2.24) is 15.0 Å². The third kappa shape index (κ3) is 3.69. The Morgan fingerprint density at radius 3 is 2.85 bits per heavy atom. The van der Waals surface area contributed by atoms with Gasteiger partial charge in [0.15, 0.2) is 0 Å². The minimum absolute atomic E-state index is 0.235. The molecule has 1 N–H and O–H groups in total. The van der Waals surface area contributed by atoms with Gasteiger partial charge in [-0.1, -0.05) is 6.92 Å². The molecule has 112 valence electrons. The Labute approximate surface area is 119 Å². The third-order valence-corrected chi connectivity index (χ3v) is 3.09. The third-order valence-electron chi connectivity index (χ3n) is 3.09. The van der Waals surface area contributed by atoms with Gasteiger partial charge in [-0.05, 0) is 20.3 Å². The summed E-state index contributed by atoms with van der Waals surface area (Å²) in [4.78, 5) is 15.2. The van der Waals surface area contributed by atoms with E-state index in [-0.39, 0.29) is 6.10 Å². The van der Waals surface area contributed by atoms with E-state index in [2.05, 4.69) is 32.1 Å². The second-order valence-corrected chi connectivity index (χ2v) is 4.55. The highest BCUT2D eigenvalue weighted by atomic mass is 16.5. The van der Waals surface area contributed by atoms with E-state index in [4.69, 9.17) is 9.47 Å². The minimum atomic E-state index is 0.235. The van der Waals surface area contributed by atoms with E-state index in [0.29, 0.717) is 31.1 Å². The number of nitrogens with one attached hydrogen (secondary N) is 1. The topological polar surface area (TPSA) is 72.4 Å². The Bertz CT molecular complexity index is 405. The molecule has 1 aromatic heterocycles. The summed E-state index contributed by atoms with van der Waals surface area (Å²) in [6.07, 6.45) is 1.22. The maximum absolute atomic E-state index is 5.67. The van der Waals surface area contributed by atoms with Crippen LogP contribution in [0.25, 0.3) is 0 Å². The molecule has 0 aromatic carbocycles. The predicted molar refractivity (Wildman–Crippen MR) is 77.4 cm³/mol. The smallest absolute Gasteiger partial charge is 0.323 e. The molecule has 2 heterocycles. The highest BCUT2D eigenvalue weighted by Gasteiger charge is 2.22. The van der Waals surface area contributed by atoms with Crippen LogP contribution in [0.4, 0.5) is 11.9 Å². The summed E-state index contributed by atoms with van der Waals surface area (Å²) in [5, 5.41) is 3.11. The number of anilines is 2. The Kier molecular flexibility index (Phi) is 5.34. The molecule has 0 bridgehead atoms. The second-order valence-electron chi connectivity index (χ2n) is 4.55. The van der Waals surface area contributed by atoms with Gasteiger partial charge < -0.3 is 19.7 Å². The molecule has 1 atom stereocenters. The largest absolute Gasteiger partial charge is 0.464 e. The highest BCUT2D eigenvalue weighted by molar-refractivity contribution is 5.38. The van der Waals surface area contributed by atoms with Gasteiger partial charge in [-0.2, -0.15) is 15.0 Å². The quantitative estimate of drug-likeness (QED) is 0.843. The van der Waals surface area contributed by atoms with Crippen molar-refractivity contribution in [3.8, 4) is 6.01 Å². The molecule has 1 saturated heterocycles. The first-order valence-electron chi connectivity index (χ1n) is 7.26. The molecular formula is C13H23N5O2. The van der Waals surface area contributed by atoms with Crippen molar-refractivity contribution in [3.05, 3.63) is 0 Å². The monoisotopic (exact) mass is 281 g/mol. The van der Waals surface area contributed by atoms with Crippen LogP contribution in [0.3, 0.4) is 0 Å². The van der Waals surface area contributed by atoms with Gasteiger partial charge in [-0.3, -0.25) is 0 Å². The van der Waals surface area contributed by atoms with Crippen molar-refractivity contribution in [2.45, 2.75) is 33.3 Å². The van der Waals surface area contributed by atoms with Gasteiger partial charge in [-0.25, -0.2) is 0 Å². The average molecular weight is 281 g/mol. The van der Waals surface area contributed by atoms with Crippen LogP contribution in [-0.2, 0) is 4.74 Å². The Balaban J connectivity index is 2.19. The summed E-state index contributed by atoms with van der Waals surface area (Å²) in [7, 11) is 0. The van der Waals surface area contributed by atoms with Gasteiger partial charge in [-0.15, -0.1) is 0 Å². The Morgan fingerprint density at radius 2 is 2.15 bits per heavy atom. The molecule has 0 spiro atoms. The Morgan fingerprint density at radius 1 is 1.30 bits per heavy atom. The van der Waals surface area contributed by atoms with Crippen molar-refractivity contribution >= 4 is 11.9 Å². The number of morpholine rings is 1. The van der Waals surface area contributed by atoms with E-state index in [0.717, 1.165) is 26.1 Å². The molecule has 0 aliphatic carbocycles. The van der Waals surface area contributed by atoms with Crippen LogP contribution in [0.2, 0.25) is 0 Å². The fourth-order valence-electron chi connectivity index (χ4n) is 2.07. The fraction of sp³-hybridized carbons (Fsp3) is 0.769. The van der Waals surface area contributed by atoms with Crippen molar-refractivity contribution in [3.63, 3.8) is 0 Å². The van der Waals surface area contributed by atoms with Crippen LogP contribution >= 0.6 is 0 Å². The van der Waals surface area contributed by atoms with Crippen LogP contribution in [0.15, 0.2) is 0 Å². The molecule has 0 saturated carbocycles. The molecular weight excluding hydrogens is 258 g/mol. The minimum Gasteiger partial charge on any atom is -0.464 e. The first kappa shape index (κ1) is 14.8. The molecule has 1 unspecified atom stereocenters. The number of ether oxygens (including phenoxy) is 2. The van der Waals surface area contributed by atoms with E-state index in [1.54, 1.807) is 0 Å². The fourth-order valence-corrected chi connectivity index (χ4v) is 2.07. The van der Waals surface area contributed by atoms with E-state index in [1.807, 2.05) is 13.8 Å². The molecule has 0 amide bonds. The van der Waals surface area contributed by atoms with Crippen molar-refractivity contribution in [2.75, 3.05) is 43.1 Å². The first-order chi connectivity index (χ1) is 9.76. The Hall–Kier alpha value is -1.63. The lowest BCUT2D eigenvalue weighted by molar-refractivity contribution is 0.0378. The summed E-state index contributed by atoms with van der Waals surface area (Å²) in [6.45, 7) is 9.63. The lowest BCUT2D eigenvalue weighted by Gasteiger charge is -2.32. The summed E-state index contributed by atoms with van der Waals surface area (Å²) >= 11 is 0. The highest BCUT2D eigenvalue weighted by Crippen LogP contribution is 2.18. The standard InChI is InChI=1S/C13H23N5O2/c1-4-10-9-18(7-8-20-10)12-15-11(14-5-2)16-13(17-12)19-6-3/h10H,4-9H2,1-3H3,(H,14,15,16,17). The normalized spacial score (nSPS) is 18.9. The predicted octanol–water partition coefficient (Wildman–Crippen LogP) is 1.32. The maximum Gasteiger partial charge on any atom is 0.323 e. The van der Waals surface area contributed by atoms with Crippen LogP contribution < -0.4 is 15.0 Å². The van der Waals surface area contributed by atoms with Crippen molar-refractivity contribution < 1.29 is 9.47 Å². The van der Waals surface area contributed by atoms with Crippen molar-refractivity contribution in [2.24, 2.45) is 0 Å². The maximum atomic E-state index is 5.67. The van der Waals surface area contributed by atoms with Gasteiger partial charge >= 0.3 is 6.01 Å². The molecule has 1 aliphatic heterocycles. The van der Waals surface area contributed by atoms with E-state index < -0.39 is 0 Å². The summed E-state index contributed by atoms with van der Waals surface area (Å²) < 4.78 is 11.1. The summed E-state index contributed by atoms with van der Waals surface area (Å²) in [5.41, 5.74) is 0. The molecule has 0 radical (unpaired) electrons. The lowest BCUT2D eigenvalue weighted by atomic mass is 10.2. The SMILES string of the molecule is CCNc1nc(OCC)nc(N2CCOC(CC)C2)n1. The molecule has 2 rings (SSSR count). The second kappa shape index (κ2) is 7.23. The number of rotatable bonds is 6. The van der Waals surface area contributed by atoms with Gasteiger partial charge in [0.1, 0.15) is 0 Å². The molecule has 7 heteroatoms. The summed E-state index contributed by atoms with van der Waals surface area (Å²) in [6, 6.07) is 0.369. The van der Waals surface area contributed by atoms with E-state index in [9.17, 15) is 0 Å². The van der Waals surface area contributed by atoms with Crippen LogP contribution in [0, 0.1) is 0 Å². The summed E-state index contributed by atoms with van der Waals surface area (Å²) in [5.74, 6) is 1.21. The van der Waals surface area contributed by atoms with Crippen molar-refractivity contribution in [1.29, 1.82) is 0 Å². The van der Waals surface area contributed by atoms with Gasteiger partial charge in [0.05, 0.1) is 19.3 Å². The number of nitrogens with zero attached hydrogens (tertiary/aromatic N) is 4. The number of hydrogen-bond acceptors (Lipinski definition) is 7. The number of aromatic nitrogens is 3. The molecule has 20 heavy (non-hydrogen) atoms. The zero-order chi connectivity index (χ0) is 14.4. The van der Waals surface area contributed by atoms with Gasteiger partial charge in [0.25, 0.3) is 0 Å². The molecule has 1 aliphatic rings. The lowest BCUT2D eigenvalue weighted by Crippen LogP contribution is -2.43. The van der Waals surface area contributed by atoms with E-state index in [1.165, 1.54) is 0 Å². The number of hydrogen-bond donors (Lipinski definition) is 1. The van der Waals surface area contributed by atoms with Gasteiger partial charge in [0, 0.05) is 19.6 Å². The molecule has 1 fully saturated rings. The average Bonchev–Trinajstić information content (AvgIpc) is 2.48. The van der Waals surface area contributed by atoms with Crippen LogP contribution in [0.1, 0.15) is 27.2 Å². The van der Waals surface area contributed by atoms with E-state index >= 15 is 0 Å². The zero-order valence-corrected chi connectivity index (χ0v) is 12.4. The van der Waals surface area contributed by atoms with Crippen LogP contribution in [-0.4, -0.2) is 53.9 Å². The van der Waals surface area contributed by atoms with Gasteiger partial charge in [0.2, 0.25) is 11.9 Å². The zero-order valence-electron chi connectivity index (χ0n) is 12.4. The first-order valence-corrected chi connectivity index (χ1v) is 7.26. The van der Waals surface area contributed by atoms with Crippen LogP contribution in [0.5, 0.6) is 6.01 Å². The molecule has 1 aromatic rings.